The van der Waals surface area contributed by atoms with Gasteiger partial charge in [-0.1, -0.05) is 6.58 Å². The Morgan fingerprint density at radius 1 is 1.58 bits per heavy atom. The third-order valence-electron chi connectivity index (χ3n) is 0.752. The second-order valence-electron chi connectivity index (χ2n) is 1.66. The van der Waals surface area contributed by atoms with Crippen molar-refractivity contribution in [2.24, 2.45) is 0 Å². The molecule has 0 rings (SSSR count). The van der Waals surface area contributed by atoms with Crippen LogP contribution < -0.4 is 0 Å². The third-order valence-corrected chi connectivity index (χ3v) is 1.43. The minimum atomic E-state index is -4.04. The number of carbonyl (C=O) groups is 1. The molecule has 12 heavy (non-hydrogen) atoms. The quantitative estimate of drug-likeness (QED) is 0.270. The van der Waals surface area contributed by atoms with Gasteiger partial charge in [-0.15, -0.1) is 0 Å². The van der Waals surface area contributed by atoms with Gasteiger partial charge in [0, 0.05) is 24.9 Å². The Morgan fingerprint density at radius 2 is 2.08 bits per heavy atom. The molecule has 0 fully saturated rings. The number of rotatable bonds is 4. The van der Waals surface area contributed by atoms with Gasteiger partial charge in [-0.25, -0.2) is 4.79 Å². The number of hydrogen-bond donors (Lipinski definition) is 1. The Labute approximate surface area is 82.7 Å². The van der Waals surface area contributed by atoms with E-state index in [0.29, 0.717) is 0 Å². The molecule has 5 nitrogen and oxygen atoms in total. The van der Waals surface area contributed by atoms with Gasteiger partial charge in [-0.05, 0) is 0 Å². The van der Waals surface area contributed by atoms with Crippen LogP contribution in [0.4, 0.5) is 0 Å². The molecule has 0 aliphatic rings. The van der Waals surface area contributed by atoms with Crippen molar-refractivity contribution < 1.29 is 22.5 Å². The van der Waals surface area contributed by atoms with Crippen molar-refractivity contribution in [2.45, 2.75) is 0 Å². The molecule has 0 aliphatic heterocycles. The van der Waals surface area contributed by atoms with Gasteiger partial charge in [-0.2, -0.15) is 8.42 Å². The fourth-order valence-electron chi connectivity index (χ4n) is 0.306. The molecule has 1 N–H and O–H groups in total. The van der Waals surface area contributed by atoms with Crippen molar-refractivity contribution in [1.29, 1.82) is 0 Å². The molecule has 0 spiro atoms. The van der Waals surface area contributed by atoms with Crippen LogP contribution in [0.1, 0.15) is 0 Å². The maximum Gasteiger partial charge on any atom is 0.330 e. The van der Waals surface area contributed by atoms with Gasteiger partial charge in [0.25, 0.3) is 10.1 Å². The van der Waals surface area contributed by atoms with Crippen molar-refractivity contribution in [1.82, 2.24) is 0 Å². The van der Waals surface area contributed by atoms with Crippen LogP contribution in [0.15, 0.2) is 12.7 Å². The standard InChI is InChI=1S/C5H8O5S.Li/c1-2-5(6)10-3-4-11(7,8)9;/h2H,1,3-4H2,(H,7,8,9);. The van der Waals surface area contributed by atoms with Crippen LogP contribution in [0.3, 0.4) is 0 Å². The summed E-state index contributed by atoms with van der Waals surface area (Å²) in [6.45, 7) is 2.73. The topological polar surface area (TPSA) is 80.7 Å². The maximum absolute atomic E-state index is 10.3. The molecule has 0 unspecified atom stereocenters. The zero-order valence-corrected chi connectivity index (χ0v) is 7.50. The summed E-state index contributed by atoms with van der Waals surface area (Å²) >= 11 is 0. The Bertz CT molecular complexity index is 245. The van der Waals surface area contributed by atoms with E-state index in [1.165, 1.54) is 0 Å². The number of esters is 1. The predicted molar refractivity (Wildman–Crippen MR) is 43.3 cm³/mol. The molecule has 0 saturated carbocycles. The molecule has 0 aromatic heterocycles. The first kappa shape index (κ1) is 14.3. The molecule has 0 atom stereocenters. The molecular formula is C5H8LiO5S. The summed E-state index contributed by atoms with van der Waals surface area (Å²) < 4.78 is 32.5. The first-order chi connectivity index (χ1) is 4.95. The summed E-state index contributed by atoms with van der Waals surface area (Å²) in [5.41, 5.74) is 0. The van der Waals surface area contributed by atoms with Crippen LogP contribution in [0, 0.1) is 0 Å². The average Bonchev–Trinajstić information content (AvgIpc) is 1.85. The zero-order valence-electron chi connectivity index (χ0n) is 6.69. The van der Waals surface area contributed by atoms with E-state index in [4.69, 9.17) is 4.55 Å². The first-order valence-electron chi connectivity index (χ1n) is 2.70. The van der Waals surface area contributed by atoms with Crippen LogP contribution in [0.25, 0.3) is 0 Å². The van der Waals surface area contributed by atoms with E-state index < -0.39 is 21.8 Å². The smallest absolute Gasteiger partial charge is 0.330 e. The number of ether oxygens (including phenoxy) is 1. The Kier molecular flexibility index (Phi) is 7.43. The fourth-order valence-corrected chi connectivity index (χ4v) is 0.600. The molecule has 7 heteroatoms. The van der Waals surface area contributed by atoms with Crippen molar-refractivity contribution in [3.05, 3.63) is 12.7 Å². The van der Waals surface area contributed by atoms with E-state index in [-0.39, 0.29) is 25.5 Å². The molecule has 0 aromatic carbocycles. The normalized spacial score (nSPS) is 9.75. The predicted octanol–water partition coefficient (Wildman–Crippen LogP) is -0.777. The van der Waals surface area contributed by atoms with E-state index in [0.717, 1.165) is 6.08 Å². The van der Waals surface area contributed by atoms with Crippen LogP contribution in [-0.4, -0.2) is 50.2 Å². The van der Waals surface area contributed by atoms with Crippen molar-refractivity contribution >= 4 is 34.9 Å². The van der Waals surface area contributed by atoms with Crippen LogP contribution >= 0.6 is 0 Å². The summed E-state index contributed by atoms with van der Waals surface area (Å²) in [7, 11) is -4.04. The first-order valence-corrected chi connectivity index (χ1v) is 4.31. The van der Waals surface area contributed by atoms with E-state index >= 15 is 0 Å². The summed E-state index contributed by atoms with van der Waals surface area (Å²) in [6, 6.07) is 0. The summed E-state index contributed by atoms with van der Waals surface area (Å²) in [5.74, 6) is -1.30. The molecule has 0 aromatic rings. The molecule has 1 radical (unpaired) electrons. The Morgan fingerprint density at radius 3 is 2.42 bits per heavy atom. The van der Waals surface area contributed by atoms with E-state index in [2.05, 4.69) is 11.3 Å². The van der Waals surface area contributed by atoms with Gasteiger partial charge >= 0.3 is 5.97 Å². The molecule has 0 saturated heterocycles. The molecule has 0 heterocycles. The minimum Gasteiger partial charge on any atom is -0.461 e. The third kappa shape index (κ3) is 9.72. The van der Waals surface area contributed by atoms with Crippen molar-refractivity contribution in [2.75, 3.05) is 12.4 Å². The van der Waals surface area contributed by atoms with E-state index in [1.807, 2.05) is 0 Å². The van der Waals surface area contributed by atoms with Gasteiger partial charge in [-0.3, -0.25) is 4.55 Å². The van der Waals surface area contributed by atoms with Crippen LogP contribution in [0.2, 0.25) is 0 Å². The Hall–Kier alpha value is -0.283. The summed E-state index contributed by atoms with van der Waals surface area (Å²) in [4.78, 5) is 10.3. The summed E-state index contributed by atoms with van der Waals surface area (Å²) in [5, 5.41) is 0. The zero-order chi connectivity index (χ0) is 8.91. The van der Waals surface area contributed by atoms with Gasteiger partial charge < -0.3 is 4.74 Å². The Balaban J connectivity index is 0. The van der Waals surface area contributed by atoms with Gasteiger partial charge in [0.2, 0.25) is 0 Å². The average molecular weight is 187 g/mol. The molecule has 0 aliphatic carbocycles. The SMILES string of the molecule is C=CC(=O)OCCS(=O)(=O)O.[Li]. The van der Waals surface area contributed by atoms with Crippen molar-refractivity contribution in [3.63, 3.8) is 0 Å². The molecule has 65 valence electrons. The van der Waals surface area contributed by atoms with Gasteiger partial charge in [0.05, 0.1) is 0 Å². The van der Waals surface area contributed by atoms with Crippen molar-refractivity contribution in [3.8, 4) is 0 Å². The molecule has 0 amide bonds. The van der Waals surface area contributed by atoms with Crippen LogP contribution in [-0.2, 0) is 19.6 Å². The van der Waals surface area contributed by atoms with Gasteiger partial charge in [0.1, 0.15) is 12.4 Å². The molecular weight excluding hydrogens is 179 g/mol. The fraction of sp³-hybridized carbons (Fsp3) is 0.400. The summed E-state index contributed by atoms with van der Waals surface area (Å²) in [6.07, 6.45) is 0.907. The van der Waals surface area contributed by atoms with E-state index in [1.54, 1.807) is 0 Å². The van der Waals surface area contributed by atoms with Crippen LogP contribution in [0.5, 0.6) is 0 Å². The largest absolute Gasteiger partial charge is 0.461 e. The minimum absolute atomic E-state index is 0. The second-order valence-corrected chi connectivity index (χ2v) is 3.23. The van der Waals surface area contributed by atoms with Gasteiger partial charge in [0.15, 0.2) is 0 Å². The maximum atomic E-state index is 10.3. The number of hydrogen-bond acceptors (Lipinski definition) is 4. The monoisotopic (exact) mass is 187 g/mol. The molecule has 0 bridgehead atoms. The van der Waals surface area contributed by atoms with E-state index in [9.17, 15) is 13.2 Å². The second kappa shape index (κ2) is 6.26. The number of carbonyl (C=O) groups excluding carboxylic acids is 1.